The molecule has 5 aromatic rings. The molecule has 1 aliphatic rings. The Kier molecular flexibility index (Phi) is 5.96. The maximum atomic E-state index is 14.0. The van der Waals surface area contributed by atoms with Crippen molar-refractivity contribution in [3.8, 4) is 17.3 Å². The number of para-hydroxylation sites is 1. The SMILES string of the molecule is COc1ccc(C2c3cccn3-c3c(c(C)nn3-c3ccccc3)CN2C(=O)Nc2cccc(C)c2)cc1. The Morgan fingerprint density at radius 3 is 2.47 bits per heavy atom. The minimum atomic E-state index is -0.336. The molecule has 0 saturated heterocycles. The lowest BCUT2D eigenvalue weighted by Crippen LogP contribution is -2.38. The van der Waals surface area contributed by atoms with Gasteiger partial charge in [-0.2, -0.15) is 5.10 Å². The minimum Gasteiger partial charge on any atom is -0.497 e. The third-order valence-electron chi connectivity index (χ3n) is 7.05. The number of hydrogen-bond acceptors (Lipinski definition) is 3. The summed E-state index contributed by atoms with van der Waals surface area (Å²) in [4.78, 5) is 15.9. The summed E-state index contributed by atoms with van der Waals surface area (Å²) in [5.41, 5.74) is 6.67. The van der Waals surface area contributed by atoms with Crippen LogP contribution in [0.3, 0.4) is 0 Å². The zero-order valence-electron chi connectivity index (χ0n) is 21.6. The van der Waals surface area contributed by atoms with Crippen molar-refractivity contribution < 1.29 is 9.53 Å². The molecule has 1 N–H and O–H groups in total. The topological polar surface area (TPSA) is 64.3 Å². The minimum absolute atomic E-state index is 0.177. The van der Waals surface area contributed by atoms with Crippen LogP contribution in [0.25, 0.3) is 11.5 Å². The van der Waals surface area contributed by atoms with Crippen LogP contribution in [-0.4, -0.2) is 32.4 Å². The number of nitrogens with zero attached hydrogens (tertiary/aromatic N) is 4. The van der Waals surface area contributed by atoms with Gasteiger partial charge in [-0.1, -0.05) is 42.5 Å². The van der Waals surface area contributed by atoms with Crippen LogP contribution in [0.1, 0.15) is 34.1 Å². The van der Waals surface area contributed by atoms with Crippen molar-refractivity contribution >= 4 is 11.7 Å². The highest BCUT2D eigenvalue weighted by molar-refractivity contribution is 5.90. The molecule has 7 nitrogen and oxygen atoms in total. The molecular weight excluding hydrogens is 474 g/mol. The van der Waals surface area contributed by atoms with Gasteiger partial charge in [0.05, 0.1) is 36.8 Å². The molecule has 1 atom stereocenters. The second-order valence-electron chi connectivity index (χ2n) is 9.54. The number of carbonyl (C=O) groups is 1. The highest BCUT2D eigenvalue weighted by atomic mass is 16.5. The van der Waals surface area contributed by atoms with Crippen molar-refractivity contribution in [2.24, 2.45) is 0 Å². The van der Waals surface area contributed by atoms with Crippen molar-refractivity contribution in [2.45, 2.75) is 26.4 Å². The molecule has 0 spiro atoms. The zero-order valence-corrected chi connectivity index (χ0v) is 21.6. The Morgan fingerprint density at radius 1 is 0.947 bits per heavy atom. The number of methoxy groups -OCH3 is 1. The number of rotatable bonds is 4. The summed E-state index contributed by atoms with van der Waals surface area (Å²) in [6.45, 7) is 4.41. The number of urea groups is 1. The van der Waals surface area contributed by atoms with E-state index in [4.69, 9.17) is 9.84 Å². The molecule has 190 valence electrons. The Bertz CT molecular complexity index is 1600. The van der Waals surface area contributed by atoms with Gasteiger partial charge in [0.25, 0.3) is 0 Å². The summed E-state index contributed by atoms with van der Waals surface area (Å²) < 4.78 is 9.55. The molecule has 0 radical (unpaired) electrons. The van der Waals surface area contributed by atoms with Gasteiger partial charge in [-0.3, -0.25) is 0 Å². The van der Waals surface area contributed by atoms with E-state index < -0.39 is 0 Å². The first-order valence-electron chi connectivity index (χ1n) is 12.6. The van der Waals surface area contributed by atoms with E-state index in [1.54, 1.807) is 7.11 Å². The molecule has 2 aromatic heterocycles. The molecule has 0 bridgehead atoms. The van der Waals surface area contributed by atoms with Gasteiger partial charge in [-0.25, -0.2) is 9.48 Å². The number of ether oxygens (including phenoxy) is 1. The van der Waals surface area contributed by atoms with Gasteiger partial charge < -0.3 is 19.5 Å². The molecule has 1 unspecified atom stereocenters. The van der Waals surface area contributed by atoms with Crippen molar-refractivity contribution in [2.75, 3.05) is 12.4 Å². The number of aryl methyl sites for hydroxylation is 2. The summed E-state index contributed by atoms with van der Waals surface area (Å²) in [6.07, 6.45) is 2.05. The first kappa shape index (κ1) is 23.6. The zero-order chi connectivity index (χ0) is 26.2. The summed E-state index contributed by atoms with van der Waals surface area (Å²) >= 11 is 0. The van der Waals surface area contributed by atoms with E-state index in [1.165, 1.54) is 0 Å². The highest BCUT2D eigenvalue weighted by Gasteiger charge is 2.36. The van der Waals surface area contributed by atoms with Crippen LogP contribution in [0.5, 0.6) is 5.75 Å². The Labute approximate surface area is 221 Å². The molecule has 38 heavy (non-hydrogen) atoms. The van der Waals surface area contributed by atoms with Crippen LogP contribution in [-0.2, 0) is 6.54 Å². The summed E-state index contributed by atoms with van der Waals surface area (Å²) in [7, 11) is 1.65. The van der Waals surface area contributed by atoms with Crippen LogP contribution >= 0.6 is 0 Å². The molecule has 3 heterocycles. The summed E-state index contributed by atoms with van der Waals surface area (Å²) in [5.74, 6) is 1.71. The van der Waals surface area contributed by atoms with Crippen molar-refractivity contribution in [3.63, 3.8) is 0 Å². The second kappa shape index (κ2) is 9.59. The molecule has 6 rings (SSSR count). The van der Waals surface area contributed by atoms with E-state index in [0.29, 0.717) is 6.54 Å². The quantitative estimate of drug-likeness (QED) is 0.308. The summed E-state index contributed by atoms with van der Waals surface area (Å²) in [6, 6.07) is 29.5. The van der Waals surface area contributed by atoms with Crippen LogP contribution in [0, 0.1) is 13.8 Å². The van der Waals surface area contributed by atoms with Gasteiger partial charge in [0.1, 0.15) is 11.6 Å². The molecule has 0 saturated carbocycles. The van der Waals surface area contributed by atoms with Crippen LogP contribution < -0.4 is 10.1 Å². The number of nitrogens with one attached hydrogen (secondary N) is 1. The Morgan fingerprint density at radius 2 is 1.74 bits per heavy atom. The van der Waals surface area contributed by atoms with Gasteiger partial charge >= 0.3 is 6.03 Å². The van der Waals surface area contributed by atoms with Crippen LogP contribution in [0.4, 0.5) is 10.5 Å². The lowest BCUT2D eigenvalue weighted by atomic mass is 10.0. The molecule has 1 aliphatic heterocycles. The molecular formula is C31H29N5O2. The monoisotopic (exact) mass is 503 g/mol. The number of anilines is 1. The largest absolute Gasteiger partial charge is 0.497 e. The lowest BCUT2D eigenvalue weighted by molar-refractivity contribution is 0.194. The first-order chi connectivity index (χ1) is 18.5. The number of aromatic nitrogens is 3. The third-order valence-corrected chi connectivity index (χ3v) is 7.05. The second-order valence-corrected chi connectivity index (χ2v) is 9.54. The van der Waals surface area contributed by atoms with E-state index in [9.17, 15) is 4.79 Å². The van der Waals surface area contributed by atoms with E-state index in [1.807, 2.05) is 115 Å². The number of amides is 2. The smallest absolute Gasteiger partial charge is 0.322 e. The van der Waals surface area contributed by atoms with Gasteiger partial charge in [-0.05, 0) is 73.5 Å². The van der Waals surface area contributed by atoms with Crippen molar-refractivity contribution in [1.29, 1.82) is 0 Å². The van der Waals surface area contributed by atoms with E-state index in [2.05, 4.69) is 16.0 Å². The van der Waals surface area contributed by atoms with E-state index >= 15 is 0 Å². The van der Waals surface area contributed by atoms with E-state index in [0.717, 1.165) is 51.0 Å². The van der Waals surface area contributed by atoms with Gasteiger partial charge in [0.2, 0.25) is 0 Å². The Balaban J connectivity index is 1.53. The fourth-order valence-corrected chi connectivity index (χ4v) is 5.20. The standard InChI is InChI=1S/C31H29N5O2/c1-21-9-7-10-24(19-21)32-31(37)35-20-27-22(2)33-36(25-11-5-4-6-12-25)30(27)34-18-8-13-28(34)29(35)23-14-16-26(38-3)17-15-23/h4-19,29H,20H2,1-3H3,(H,32,37). The number of benzene rings is 3. The normalized spacial score (nSPS) is 14.4. The van der Waals surface area contributed by atoms with Crippen LogP contribution in [0.15, 0.2) is 97.2 Å². The molecule has 7 heteroatoms. The number of fused-ring (bicyclic) bond motifs is 3. The molecule has 3 aromatic carbocycles. The summed E-state index contributed by atoms with van der Waals surface area (Å²) in [5, 5.41) is 8.05. The lowest BCUT2D eigenvalue weighted by Gasteiger charge is -2.31. The average Bonchev–Trinajstić information content (AvgIpc) is 3.49. The highest BCUT2D eigenvalue weighted by Crippen LogP contribution is 2.39. The van der Waals surface area contributed by atoms with Gasteiger partial charge in [0, 0.05) is 17.4 Å². The third kappa shape index (κ3) is 4.12. The average molecular weight is 504 g/mol. The first-order valence-corrected chi connectivity index (χ1v) is 12.6. The Hall–Kier alpha value is -4.78. The molecule has 0 fully saturated rings. The predicted octanol–water partition coefficient (Wildman–Crippen LogP) is 6.43. The maximum Gasteiger partial charge on any atom is 0.322 e. The van der Waals surface area contributed by atoms with Gasteiger partial charge in [0.15, 0.2) is 0 Å². The van der Waals surface area contributed by atoms with Crippen molar-refractivity contribution in [1.82, 2.24) is 19.2 Å². The number of carbonyl (C=O) groups excluding carboxylic acids is 1. The molecule has 2 amide bonds. The van der Waals surface area contributed by atoms with Crippen molar-refractivity contribution in [3.05, 3.63) is 125 Å². The molecule has 0 aliphatic carbocycles. The fraction of sp³-hybridized carbons (Fsp3) is 0.161. The number of hydrogen-bond donors (Lipinski definition) is 1. The predicted molar refractivity (Wildman–Crippen MR) is 148 cm³/mol. The van der Waals surface area contributed by atoms with E-state index in [-0.39, 0.29) is 12.1 Å². The fourth-order valence-electron chi connectivity index (χ4n) is 5.20. The maximum absolute atomic E-state index is 14.0. The van der Waals surface area contributed by atoms with Crippen LogP contribution in [0.2, 0.25) is 0 Å². The van der Waals surface area contributed by atoms with Gasteiger partial charge in [-0.15, -0.1) is 0 Å².